The predicted octanol–water partition coefficient (Wildman–Crippen LogP) is 3.03. The number of likely N-dealkylation sites (tertiary alicyclic amines) is 1. The molecule has 25 heavy (non-hydrogen) atoms. The Morgan fingerprint density at radius 2 is 1.92 bits per heavy atom. The maximum atomic E-state index is 12.7. The second-order valence-electron chi connectivity index (χ2n) is 7.32. The van der Waals surface area contributed by atoms with Crippen LogP contribution in [0.5, 0.6) is 0 Å². The third kappa shape index (κ3) is 4.95. The quantitative estimate of drug-likeness (QED) is 0.912. The average molecular weight is 345 g/mol. The van der Waals surface area contributed by atoms with Crippen molar-refractivity contribution in [2.24, 2.45) is 0 Å². The van der Waals surface area contributed by atoms with Gasteiger partial charge in [-0.2, -0.15) is 0 Å². The maximum Gasteiger partial charge on any atom is 0.317 e. The Kier molecular flexibility index (Phi) is 6.32. The fraction of sp³-hybridized carbons (Fsp3) is 0.650. The lowest BCUT2D eigenvalue weighted by molar-refractivity contribution is -0.0660. The predicted molar refractivity (Wildman–Crippen MR) is 99.6 cm³/mol. The van der Waals surface area contributed by atoms with Gasteiger partial charge in [0.25, 0.3) is 0 Å². The van der Waals surface area contributed by atoms with Crippen LogP contribution in [0.25, 0.3) is 0 Å². The van der Waals surface area contributed by atoms with Gasteiger partial charge in [0.15, 0.2) is 0 Å². The third-order valence-corrected chi connectivity index (χ3v) is 5.17. The monoisotopic (exact) mass is 345 g/mol. The zero-order chi connectivity index (χ0) is 17.6. The first-order valence-corrected chi connectivity index (χ1v) is 9.64. The molecule has 138 valence electrons. The van der Waals surface area contributed by atoms with Crippen LogP contribution in [-0.2, 0) is 4.74 Å². The number of rotatable bonds is 4. The van der Waals surface area contributed by atoms with Crippen molar-refractivity contribution in [3.8, 4) is 0 Å². The van der Waals surface area contributed by atoms with Gasteiger partial charge in [-0.25, -0.2) is 4.79 Å². The summed E-state index contributed by atoms with van der Waals surface area (Å²) in [5, 5.41) is 3.25. The highest BCUT2D eigenvalue weighted by Gasteiger charge is 2.30. The highest BCUT2D eigenvalue weighted by atomic mass is 16.5. The van der Waals surface area contributed by atoms with Crippen LogP contribution in [0.2, 0.25) is 0 Å². The van der Waals surface area contributed by atoms with Crippen molar-refractivity contribution in [3.63, 3.8) is 0 Å². The zero-order valence-corrected chi connectivity index (χ0v) is 15.5. The van der Waals surface area contributed by atoms with E-state index in [1.807, 2.05) is 30.0 Å². The van der Waals surface area contributed by atoms with E-state index in [1.54, 1.807) is 0 Å². The fourth-order valence-corrected chi connectivity index (χ4v) is 3.85. The van der Waals surface area contributed by atoms with Crippen LogP contribution in [0.1, 0.15) is 44.8 Å². The summed E-state index contributed by atoms with van der Waals surface area (Å²) in [5.74, 6) is 0. The summed E-state index contributed by atoms with van der Waals surface area (Å²) in [6, 6.07) is 10.5. The van der Waals surface area contributed by atoms with E-state index in [9.17, 15) is 4.79 Å². The van der Waals surface area contributed by atoms with Gasteiger partial charge in [0, 0.05) is 25.7 Å². The average Bonchev–Trinajstić information content (AvgIpc) is 2.64. The summed E-state index contributed by atoms with van der Waals surface area (Å²) < 4.78 is 6.06. The third-order valence-electron chi connectivity index (χ3n) is 5.17. The van der Waals surface area contributed by atoms with Gasteiger partial charge in [0.05, 0.1) is 12.6 Å². The summed E-state index contributed by atoms with van der Waals surface area (Å²) >= 11 is 0. The Morgan fingerprint density at radius 3 is 2.60 bits per heavy atom. The number of benzene rings is 1. The molecule has 2 atom stereocenters. The molecule has 2 fully saturated rings. The van der Waals surface area contributed by atoms with E-state index in [0.29, 0.717) is 19.1 Å². The number of ether oxygens (including phenoxy) is 1. The van der Waals surface area contributed by atoms with Crippen molar-refractivity contribution in [3.05, 3.63) is 35.9 Å². The molecule has 2 amide bonds. The maximum absolute atomic E-state index is 12.7. The summed E-state index contributed by atoms with van der Waals surface area (Å²) in [6.07, 6.45) is 3.31. The molecule has 0 spiro atoms. The molecule has 3 rings (SSSR count). The number of hydrogen-bond donors (Lipinski definition) is 1. The Balaban J connectivity index is 1.53. The van der Waals surface area contributed by atoms with Crippen LogP contribution in [0, 0.1) is 0 Å². The molecule has 0 saturated carbocycles. The lowest BCUT2D eigenvalue weighted by Gasteiger charge is -2.38. The van der Waals surface area contributed by atoms with E-state index >= 15 is 0 Å². The number of piperidine rings is 1. The van der Waals surface area contributed by atoms with Gasteiger partial charge in [-0.15, -0.1) is 0 Å². The lowest BCUT2D eigenvalue weighted by Crippen LogP contribution is -2.53. The molecule has 0 bridgehead atoms. The molecule has 5 nitrogen and oxygen atoms in total. The molecule has 0 aromatic heterocycles. The van der Waals surface area contributed by atoms with E-state index in [1.165, 1.54) is 13.0 Å². The van der Waals surface area contributed by atoms with Gasteiger partial charge >= 0.3 is 6.03 Å². The van der Waals surface area contributed by atoms with Gasteiger partial charge in [0.1, 0.15) is 6.10 Å². The number of urea groups is 1. The highest BCUT2D eigenvalue weighted by molar-refractivity contribution is 5.74. The summed E-state index contributed by atoms with van der Waals surface area (Å²) in [7, 11) is 0. The van der Waals surface area contributed by atoms with Crippen LogP contribution < -0.4 is 5.32 Å². The molecule has 0 aliphatic carbocycles. The SMILES string of the molecule is CCCN1CCC(NC(=O)N2C[C@H](C)O[C@@H](c3ccccc3)C2)CC1. The number of hydrogen-bond acceptors (Lipinski definition) is 3. The van der Waals surface area contributed by atoms with Gasteiger partial charge in [-0.3, -0.25) is 0 Å². The standard InChI is InChI=1S/C20H31N3O2/c1-3-11-22-12-9-18(10-13-22)21-20(24)23-14-16(2)25-19(15-23)17-7-5-4-6-8-17/h4-8,16,18-19H,3,9-15H2,1-2H3,(H,21,24)/t16-,19+/m0/s1. The number of nitrogens with zero attached hydrogens (tertiary/aromatic N) is 2. The minimum absolute atomic E-state index is 0.0397. The Labute approximate surface area is 151 Å². The van der Waals surface area contributed by atoms with Gasteiger partial charge < -0.3 is 19.9 Å². The van der Waals surface area contributed by atoms with Crippen LogP contribution in [0.15, 0.2) is 30.3 Å². The molecule has 2 aliphatic heterocycles. The lowest BCUT2D eigenvalue weighted by atomic mass is 10.0. The second-order valence-corrected chi connectivity index (χ2v) is 7.32. The van der Waals surface area contributed by atoms with Gasteiger partial charge in [-0.1, -0.05) is 37.3 Å². The zero-order valence-electron chi connectivity index (χ0n) is 15.5. The summed E-state index contributed by atoms with van der Waals surface area (Å²) in [4.78, 5) is 17.2. The number of carbonyl (C=O) groups is 1. The van der Waals surface area contributed by atoms with Gasteiger partial charge in [0.2, 0.25) is 0 Å². The Morgan fingerprint density at radius 1 is 1.20 bits per heavy atom. The van der Waals surface area contributed by atoms with Crippen molar-refractivity contribution >= 4 is 6.03 Å². The van der Waals surface area contributed by atoms with E-state index in [4.69, 9.17) is 4.74 Å². The van der Waals surface area contributed by atoms with E-state index in [2.05, 4.69) is 29.3 Å². The number of morpholine rings is 1. The molecule has 0 unspecified atom stereocenters. The molecule has 1 N–H and O–H groups in total. The molecular weight excluding hydrogens is 314 g/mol. The van der Waals surface area contributed by atoms with Crippen LogP contribution in [0.4, 0.5) is 4.79 Å². The van der Waals surface area contributed by atoms with Crippen LogP contribution >= 0.6 is 0 Å². The van der Waals surface area contributed by atoms with Gasteiger partial charge in [-0.05, 0) is 38.3 Å². The minimum atomic E-state index is -0.0397. The van der Waals surface area contributed by atoms with E-state index in [-0.39, 0.29) is 18.2 Å². The number of carbonyl (C=O) groups excluding carboxylic acids is 1. The molecule has 2 heterocycles. The normalized spacial score (nSPS) is 25.8. The van der Waals surface area contributed by atoms with E-state index in [0.717, 1.165) is 31.5 Å². The largest absolute Gasteiger partial charge is 0.367 e. The summed E-state index contributed by atoms with van der Waals surface area (Å²) in [6.45, 7) is 8.88. The minimum Gasteiger partial charge on any atom is -0.367 e. The highest BCUT2D eigenvalue weighted by Crippen LogP contribution is 2.25. The fourth-order valence-electron chi connectivity index (χ4n) is 3.85. The van der Waals surface area contributed by atoms with Crippen LogP contribution in [-0.4, -0.2) is 60.7 Å². The summed E-state index contributed by atoms with van der Waals surface area (Å²) in [5.41, 5.74) is 1.14. The number of nitrogens with one attached hydrogen (secondary N) is 1. The van der Waals surface area contributed by atoms with Crippen molar-refractivity contribution < 1.29 is 9.53 Å². The molecule has 1 aromatic carbocycles. The van der Waals surface area contributed by atoms with E-state index < -0.39 is 0 Å². The molecule has 1 aromatic rings. The molecule has 2 saturated heterocycles. The van der Waals surface area contributed by atoms with Crippen molar-refractivity contribution in [1.82, 2.24) is 15.1 Å². The topological polar surface area (TPSA) is 44.8 Å². The van der Waals surface area contributed by atoms with Crippen LogP contribution in [0.3, 0.4) is 0 Å². The number of amides is 2. The van der Waals surface area contributed by atoms with Crippen molar-refractivity contribution in [2.45, 2.75) is 51.4 Å². The van der Waals surface area contributed by atoms with Crippen molar-refractivity contribution in [1.29, 1.82) is 0 Å². The Hall–Kier alpha value is -1.59. The van der Waals surface area contributed by atoms with Crippen molar-refractivity contribution in [2.75, 3.05) is 32.7 Å². The Bertz CT molecular complexity index is 543. The first kappa shape index (κ1) is 18.2. The molecular formula is C20H31N3O2. The smallest absolute Gasteiger partial charge is 0.317 e. The second kappa shape index (κ2) is 8.68. The molecule has 0 radical (unpaired) electrons. The first-order valence-electron chi connectivity index (χ1n) is 9.64. The first-order chi connectivity index (χ1) is 12.2. The molecule has 5 heteroatoms. The molecule has 2 aliphatic rings.